The Morgan fingerprint density at radius 3 is 3.04 bits per heavy atom. The van der Waals surface area contributed by atoms with E-state index >= 15 is 0 Å². The molecule has 1 aliphatic heterocycles. The highest BCUT2D eigenvalue weighted by molar-refractivity contribution is 5.80. The van der Waals surface area contributed by atoms with Crippen molar-refractivity contribution in [2.24, 2.45) is 0 Å². The first kappa shape index (κ1) is 16.0. The van der Waals surface area contributed by atoms with Crippen LogP contribution in [-0.2, 0) is 20.7 Å². The molecule has 1 aromatic heterocycles. The standard InChI is InChI=1S/C17H23N3O3/c1-11-3-4-14-17(12(11)2)20-15(19-14)5-6-16(21)18-9-13-10-22-7-8-23-13/h3-4,13H,5-10H2,1-2H3,(H,18,21)(H,19,20)/t13-/m1/s1. The van der Waals surface area contributed by atoms with Crippen LogP contribution in [0.5, 0.6) is 0 Å². The predicted octanol–water partition coefficient (Wildman–Crippen LogP) is 1.64. The Morgan fingerprint density at radius 1 is 1.39 bits per heavy atom. The lowest BCUT2D eigenvalue weighted by molar-refractivity contribution is -0.123. The zero-order chi connectivity index (χ0) is 16.2. The van der Waals surface area contributed by atoms with E-state index in [1.54, 1.807) is 0 Å². The summed E-state index contributed by atoms with van der Waals surface area (Å²) in [4.78, 5) is 19.8. The van der Waals surface area contributed by atoms with Gasteiger partial charge in [0.2, 0.25) is 5.91 Å². The molecule has 1 aliphatic rings. The van der Waals surface area contributed by atoms with Gasteiger partial charge < -0.3 is 19.8 Å². The van der Waals surface area contributed by atoms with Gasteiger partial charge in [-0.3, -0.25) is 4.79 Å². The minimum Gasteiger partial charge on any atom is -0.376 e. The van der Waals surface area contributed by atoms with Crippen LogP contribution in [0, 0.1) is 13.8 Å². The van der Waals surface area contributed by atoms with E-state index < -0.39 is 0 Å². The Kier molecular flexibility index (Phi) is 4.93. The maximum absolute atomic E-state index is 11.9. The average Bonchev–Trinajstić information content (AvgIpc) is 2.99. The average molecular weight is 317 g/mol. The first-order valence-electron chi connectivity index (χ1n) is 8.04. The summed E-state index contributed by atoms with van der Waals surface area (Å²) in [6, 6.07) is 4.12. The molecule has 2 heterocycles. The Morgan fingerprint density at radius 2 is 2.26 bits per heavy atom. The molecule has 23 heavy (non-hydrogen) atoms. The first-order valence-corrected chi connectivity index (χ1v) is 8.04. The van der Waals surface area contributed by atoms with E-state index in [2.05, 4.69) is 35.2 Å². The fourth-order valence-corrected chi connectivity index (χ4v) is 2.69. The first-order chi connectivity index (χ1) is 11.1. The molecule has 1 atom stereocenters. The van der Waals surface area contributed by atoms with Crippen LogP contribution in [-0.4, -0.2) is 48.3 Å². The molecule has 1 fully saturated rings. The molecule has 3 rings (SSSR count). The second-order valence-corrected chi connectivity index (χ2v) is 5.96. The van der Waals surface area contributed by atoms with Crippen LogP contribution < -0.4 is 5.32 Å². The molecule has 0 radical (unpaired) electrons. The van der Waals surface area contributed by atoms with Crippen LogP contribution in [0.3, 0.4) is 0 Å². The number of amides is 1. The smallest absolute Gasteiger partial charge is 0.220 e. The van der Waals surface area contributed by atoms with Crippen molar-refractivity contribution in [2.75, 3.05) is 26.4 Å². The Bertz CT molecular complexity index is 690. The largest absolute Gasteiger partial charge is 0.376 e. The Hall–Kier alpha value is -1.92. The topological polar surface area (TPSA) is 76.2 Å². The summed E-state index contributed by atoms with van der Waals surface area (Å²) < 4.78 is 10.8. The van der Waals surface area contributed by atoms with Crippen LogP contribution in [0.2, 0.25) is 0 Å². The molecular weight excluding hydrogens is 294 g/mol. The number of ether oxygens (including phenoxy) is 2. The van der Waals surface area contributed by atoms with Crippen LogP contribution in [0.25, 0.3) is 11.0 Å². The van der Waals surface area contributed by atoms with Crippen LogP contribution in [0.1, 0.15) is 23.4 Å². The molecule has 0 bridgehead atoms. The number of aryl methyl sites for hydroxylation is 3. The third-order valence-electron chi connectivity index (χ3n) is 4.23. The second-order valence-electron chi connectivity index (χ2n) is 5.96. The van der Waals surface area contributed by atoms with E-state index in [4.69, 9.17) is 9.47 Å². The number of nitrogens with zero attached hydrogens (tertiary/aromatic N) is 1. The minimum atomic E-state index is -0.0375. The van der Waals surface area contributed by atoms with Gasteiger partial charge in [-0.2, -0.15) is 0 Å². The van der Waals surface area contributed by atoms with Gasteiger partial charge in [0, 0.05) is 19.4 Å². The molecule has 1 saturated heterocycles. The number of benzene rings is 1. The molecule has 6 heteroatoms. The van der Waals surface area contributed by atoms with E-state index in [1.807, 2.05) is 6.07 Å². The molecule has 0 aliphatic carbocycles. The fourth-order valence-electron chi connectivity index (χ4n) is 2.69. The zero-order valence-corrected chi connectivity index (χ0v) is 13.6. The monoisotopic (exact) mass is 317 g/mol. The quantitative estimate of drug-likeness (QED) is 0.879. The number of aromatic amines is 1. The highest BCUT2D eigenvalue weighted by Crippen LogP contribution is 2.19. The van der Waals surface area contributed by atoms with Crippen molar-refractivity contribution in [2.45, 2.75) is 32.8 Å². The highest BCUT2D eigenvalue weighted by Gasteiger charge is 2.15. The molecular formula is C17H23N3O3. The lowest BCUT2D eigenvalue weighted by atomic mass is 10.1. The van der Waals surface area contributed by atoms with E-state index in [-0.39, 0.29) is 12.0 Å². The number of fused-ring (bicyclic) bond motifs is 1. The maximum Gasteiger partial charge on any atom is 0.220 e. The van der Waals surface area contributed by atoms with Gasteiger partial charge in [0.1, 0.15) is 5.82 Å². The minimum absolute atomic E-state index is 0.00697. The highest BCUT2D eigenvalue weighted by atomic mass is 16.6. The lowest BCUT2D eigenvalue weighted by Crippen LogP contribution is -2.39. The van der Waals surface area contributed by atoms with Crippen LogP contribution in [0.15, 0.2) is 12.1 Å². The molecule has 1 amide bonds. The molecule has 1 aromatic carbocycles. The van der Waals surface area contributed by atoms with Crippen molar-refractivity contribution in [3.8, 4) is 0 Å². The molecule has 2 aromatic rings. The van der Waals surface area contributed by atoms with Gasteiger partial charge in [-0.05, 0) is 31.0 Å². The SMILES string of the molecule is Cc1ccc2[nH]c(CCC(=O)NC[C@@H]3COCCO3)nc2c1C. The summed E-state index contributed by atoms with van der Waals surface area (Å²) in [5.74, 6) is 0.855. The second kappa shape index (κ2) is 7.10. The predicted molar refractivity (Wildman–Crippen MR) is 87.5 cm³/mol. The molecule has 0 saturated carbocycles. The number of rotatable bonds is 5. The van der Waals surface area contributed by atoms with Crippen LogP contribution >= 0.6 is 0 Å². The van der Waals surface area contributed by atoms with Crippen molar-refractivity contribution >= 4 is 16.9 Å². The maximum atomic E-state index is 11.9. The summed E-state index contributed by atoms with van der Waals surface area (Å²) in [6.07, 6.45) is 0.969. The van der Waals surface area contributed by atoms with Gasteiger partial charge >= 0.3 is 0 Å². The summed E-state index contributed by atoms with van der Waals surface area (Å²) in [5.41, 5.74) is 4.43. The normalized spacial score (nSPS) is 18.3. The van der Waals surface area contributed by atoms with Gasteiger partial charge in [0.05, 0.1) is 37.0 Å². The van der Waals surface area contributed by atoms with Gasteiger partial charge in [0.25, 0.3) is 0 Å². The number of imidazole rings is 1. The number of hydrogen-bond donors (Lipinski definition) is 2. The third kappa shape index (κ3) is 3.89. The molecule has 0 spiro atoms. The van der Waals surface area contributed by atoms with Crippen molar-refractivity contribution < 1.29 is 14.3 Å². The van der Waals surface area contributed by atoms with Crippen molar-refractivity contribution in [1.82, 2.24) is 15.3 Å². The Balaban J connectivity index is 1.51. The summed E-state index contributed by atoms with van der Waals surface area (Å²) in [5, 5.41) is 2.89. The number of H-pyrrole nitrogens is 1. The third-order valence-corrected chi connectivity index (χ3v) is 4.23. The molecule has 2 N–H and O–H groups in total. The van der Waals surface area contributed by atoms with Crippen molar-refractivity contribution in [3.63, 3.8) is 0 Å². The summed E-state index contributed by atoms with van der Waals surface area (Å²) in [7, 11) is 0. The van der Waals surface area contributed by atoms with Crippen LogP contribution in [0.4, 0.5) is 0 Å². The van der Waals surface area contributed by atoms with Gasteiger partial charge in [0.15, 0.2) is 0 Å². The fraction of sp³-hybridized carbons (Fsp3) is 0.529. The van der Waals surface area contributed by atoms with Gasteiger partial charge in [-0.15, -0.1) is 0 Å². The summed E-state index contributed by atoms with van der Waals surface area (Å²) in [6.45, 7) is 6.42. The van der Waals surface area contributed by atoms with E-state index in [9.17, 15) is 4.79 Å². The number of nitrogens with one attached hydrogen (secondary N) is 2. The Labute approximate surface area is 135 Å². The summed E-state index contributed by atoms with van der Waals surface area (Å²) >= 11 is 0. The number of carbonyl (C=O) groups is 1. The number of carbonyl (C=O) groups excluding carboxylic acids is 1. The molecule has 124 valence electrons. The molecule has 0 unspecified atom stereocenters. The zero-order valence-electron chi connectivity index (χ0n) is 13.6. The number of hydrogen-bond acceptors (Lipinski definition) is 4. The van der Waals surface area contributed by atoms with E-state index in [0.717, 1.165) is 16.9 Å². The number of aromatic nitrogens is 2. The molecule has 6 nitrogen and oxygen atoms in total. The lowest BCUT2D eigenvalue weighted by Gasteiger charge is -2.23. The van der Waals surface area contributed by atoms with Gasteiger partial charge in [-0.1, -0.05) is 6.07 Å². The van der Waals surface area contributed by atoms with E-state index in [0.29, 0.717) is 39.2 Å². The van der Waals surface area contributed by atoms with Crippen molar-refractivity contribution in [1.29, 1.82) is 0 Å². The van der Waals surface area contributed by atoms with Crippen molar-refractivity contribution in [3.05, 3.63) is 29.1 Å². The van der Waals surface area contributed by atoms with Gasteiger partial charge in [-0.25, -0.2) is 4.98 Å². The van der Waals surface area contributed by atoms with E-state index in [1.165, 1.54) is 11.1 Å².